The molecule has 0 saturated carbocycles. The normalized spacial score (nSPS) is 13.9. The lowest BCUT2D eigenvalue weighted by molar-refractivity contribution is 0.171. The fourth-order valence-electron chi connectivity index (χ4n) is 1.78. The van der Waals surface area contributed by atoms with Crippen LogP contribution in [0.2, 0.25) is 0 Å². The molecule has 4 heteroatoms. The third-order valence-corrected chi connectivity index (χ3v) is 3.24. The van der Waals surface area contributed by atoms with E-state index in [2.05, 4.69) is 0 Å². The summed E-state index contributed by atoms with van der Waals surface area (Å²) < 4.78 is 11.0. The van der Waals surface area contributed by atoms with Crippen LogP contribution in [0.15, 0.2) is 24.3 Å². The Morgan fingerprint density at radius 3 is 2.16 bits per heavy atom. The molecule has 3 N–H and O–H groups in total. The number of hydrogen-bond acceptors (Lipinski definition) is 4. The highest BCUT2D eigenvalue weighted by molar-refractivity contribution is 5.31. The van der Waals surface area contributed by atoms with Crippen molar-refractivity contribution in [3.8, 4) is 11.5 Å². The summed E-state index contributed by atoms with van der Waals surface area (Å²) in [4.78, 5) is 0. The molecule has 1 atom stereocenters. The zero-order valence-electron chi connectivity index (χ0n) is 11.9. The van der Waals surface area contributed by atoms with Crippen molar-refractivity contribution in [1.29, 1.82) is 0 Å². The van der Waals surface area contributed by atoms with Gasteiger partial charge < -0.3 is 20.3 Å². The van der Waals surface area contributed by atoms with Gasteiger partial charge in [-0.05, 0) is 50.5 Å². The summed E-state index contributed by atoms with van der Waals surface area (Å²) in [6.45, 7) is 5.23. The van der Waals surface area contributed by atoms with Crippen molar-refractivity contribution in [1.82, 2.24) is 0 Å². The van der Waals surface area contributed by atoms with Crippen LogP contribution in [0.4, 0.5) is 0 Å². The van der Waals surface area contributed by atoms with Gasteiger partial charge in [0.05, 0.1) is 19.8 Å². The molecule has 0 spiro atoms. The molecule has 1 aromatic carbocycles. The van der Waals surface area contributed by atoms with Crippen LogP contribution >= 0.6 is 0 Å². The van der Waals surface area contributed by atoms with Crippen LogP contribution in [-0.2, 0) is 0 Å². The minimum absolute atomic E-state index is 0.0204. The van der Waals surface area contributed by atoms with Crippen molar-refractivity contribution in [2.45, 2.75) is 38.6 Å². The molecule has 0 aliphatic rings. The molecule has 1 aromatic rings. The molecule has 0 saturated heterocycles. The summed E-state index contributed by atoms with van der Waals surface area (Å²) in [5, 5.41) is 9.20. The van der Waals surface area contributed by atoms with E-state index >= 15 is 0 Å². The van der Waals surface area contributed by atoms with Crippen molar-refractivity contribution in [2.75, 3.05) is 19.8 Å². The first-order valence-corrected chi connectivity index (χ1v) is 6.89. The Bertz CT molecular complexity index is 347. The van der Waals surface area contributed by atoms with Crippen molar-refractivity contribution in [3.63, 3.8) is 0 Å². The van der Waals surface area contributed by atoms with Crippen LogP contribution < -0.4 is 15.2 Å². The summed E-state index contributed by atoms with van der Waals surface area (Å²) >= 11 is 0. The van der Waals surface area contributed by atoms with Crippen LogP contribution in [0, 0.1) is 0 Å². The quantitative estimate of drug-likeness (QED) is 0.674. The molecular weight excluding hydrogens is 242 g/mol. The van der Waals surface area contributed by atoms with Gasteiger partial charge in [-0.1, -0.05) is 6.92 Å². The number of ether oxygens (including phenoxy) is 2. The molecule has 0 aromatic heterocycles. The topological polar surface area (TPSA) is 64.7 Å². The number of benzene rings is 1. The van der Waals surface area contributed by atoms with Crippen LogP contribution in [0.3, 0.4) is 0 Å². The van der Waals surface area contributed by atoms with E-state index in [-0.39, 0.29) is 6.61 Å². The fraction of sp³-hybridized carbons (Fsp3) is 0.600. The average Bonchev–Trinajstić information content (AvgIpc) is 2.45. The molecule has 1 rings (SSSR count). The summed E-state index contributed by atoms with van der Waals surface area (Å²) in [6.07, 6.45) is 2.36. The van der Waals surface area contributed by atoms with Gasteiger partial charge in [0.15, 0.2) is 0 Å². The maximum Gasteiger partial charge on any atom is 0.119 e. The first kappa shape index (κ1) is 15.8. The first-order valence-electron chi connectivity index (χ1n) is 6.89. The highest BCUT2D eigenvalue weighted by Gasteiger charge is 2.20. The van der Waals surface area contributed by atoms with Gasteiger partial charge >= 0.3 is 0 Å². The maximum absolute atomic E-state index is 9.20. The van der Waals surface area contributed by atoms with E-state index < -0.39 is 5.54 Å². The van der Waals surface area contributed by atoms with Gasteiger partial charge in [0.25, 0.3) is 0 Å². The van der Waals surface area contributed by atoms with Gasteiger partial charge in [-0.25, -0.2) is 0 Å². The summed E-state index contributed by atoms with van der Waals surface area (Å²) in [5.41, 5.74) is 5.54. The Morgan fingerprint density at radius 1 is 1.11 bits per heavy atom. The Balaban J connectivity index is 2.29. The van der Waals surface area contributed by atoms with E-state index in [9.17, 15) is 5.11 Å². The van der Waals surface area contributed by atoms with Gasteiger partial charge in [0.1, 0.15) is 11.5 Å². The summed E-state index contributed by atoms with van der Waals surface area (Å²) in [7, 11) is 0. The van der Waals surface area contributed by atoms with Gasteiger partial charge in [-0.3, -0.25) is 0 Å². The number of nitrogens with two attached hydrogens (primary N) is 1. The van der Waals surface area contributed by atoms with Crippen molar-refractivity contribution in [2.24, 2.45) is 5.73 Å². The number of rotatable bonds is 9. The Labute approximate surface area is 115 Å². The van der Waals surface area contributed by atoms with Crippen LogP contribution in [0.1, 0.15) is 33.1 Å². The van der Waals surface area contributed by atoms with Crippen LogP contribution in [0.25, 0.3) is 0 Å². The predicted molar refractivity (Wildman–Crippen MR) is 76.6 cm³/mol. The molecule has 0 amide bonds. The first-order chi connectivity index (χ1) is 9.13. The van der Waals surface area contributed by atoms with Crippen molar-refractivity contribution in [3.05, 3.63) is 24.3 Å². The van der Waals surface area contributed by atoms with Gasteiger partial charge in [0.2, 0.25) is 0 Å². The fourth-order valence-corrected chi connectivity index (χ4v) is 1.78. The Hall–Kier alpha value is -1.26. The molecule has 0 bridgehead atoms. The van der Waals surface area contributed by atoms with Gasteiger partial charge in [0, 0.05) is 5.54 Å². The molecule has 0 heterocycles. The third kappa shape index (κ3) is 5.49. The summed E-state index contributed by atoms with van der Waals surface area (Å²) in [5.74, 6) is 1.67. The SMILES string of the molecule is CCOc1ccc(OCCCC(N)(CC)CO)cc1. The molecule has 0 radical (unpaired) electrons. The molecule has 108 valence electrons. The van der Waals surface area contributed by atoms with E-state index in [1.54, 1.807) is 0 Å². The number of hydrogen-bond donors (Lipinski definition) is 2. The monoisotopic (exact) mass is 267 g/mol. The standard InChI is InChI=1S/C15H25NO3/c1-3-15(16,12-17)10-5-11-19-14-8-6-13(7-9-14)18-4-2/h6-9,17H,3-5,10-12,16H2,1-2H3. The van der Waals surface area contributed by atoms with E-state index in [0.717, 1.165) is 30.8 Å². The minimum Gasteiger partial charge on any atom is -0.494 e. The Morgan fingerprint density at radius 2 is 1.68 bits per heavy atom. The molecule has 0 aliphatic heterocycles. The Kier molecular flexibility index (Phi) is 6.67. The molecular formula is C15H25NO3. The zero-order chi connectivity index (χ0) is 14.1. The van der Waals surface area contributed by atoms with E-state index in [4.69, 9.17) is 15.2 Å². The second-order valence-electron chi connectivity index (χ2n) is 4.73. The molecule has 0 aliphatic carbocycles. The zero-order valence-corrected chi connectivity index (χ0v) is 11.9. The predicted octanol–water partition coefficient (Wildman–Crippen LogP) is 2.34. The summed E-state index contributed by atoms with van der Waals surface area (Å²) in [6, 6.07) is 7.58. The minimum atomic E-state index is -0.470. The van der Waals surface area contributed by atoms with Gasteiger partial charge in [-0.15, -0.1) is 0 Å². The smallest absolute Gasteiger partial charge is 0.119 e. The highest BCUT2D eigenvalue weighted by Crippen LogP contribution is 2.18. The third-order valence-electron chi connectivity index (χ3n) is 3.24. The average molecular weight is 267 g/mol. The molecule has 19 heavy (non-hydrogen) atoms. The molecule has 1 unspecified atom stereocenters. The lowest BCUT2D eigenvalue weighted by Gasteiger charge is -2.25. The van der Waals surface area contributed by atoms with E-state index in [1.165, 1.54) is 0 Å². The van der Waals surface area contributed by atoms with E-state index in [0.29, 0.717) is 13.2 Å². The van der Waals surface area contributed by atoms with Crippen molar-refractivity contribution < 1.29 is 14.6 Å². The lowest BCUT2D eigenvalue weighted by atomic mass is 9.93. The second kappa shape index (κ2) is 8.02. The molecule has 4 nitrogen and oxygen atoms in total. The maximum atomic E-state index is 9.20. The number of aliphatic hydroxyl groups excluding tert-OH is 1. The van der Waals surface area contributed by atoms with Crippen LogP contribution in [0.5, 0.6) is 11.5 Å². The highest BCUT2D eigenvalue weighted by atomic mass is 16.5. The largest absolute Gasteiger partial charge is 0.494 e. The number of aliphatic hydroxyl groups is 1. The van der Waals surface area contributed by atoms with Gasteiger partial charge in [-0.2, -0.15) is 0 Å². The second-order valence-corrected chi connectivity index (χ2v) is 4.73. The van der Waals surface area contributed by atoms with Crippen molar-refractivity contribution >= 4 is 0 Å². The molecule has 0 fully saturated rings. The van der Waals surface area contributed by atoms with E-state index in [1.807, 2.05) is 38.1 Å². The van der Waals surface area contributed by atoms with Crippen LogP contribution in [-0.4, -0.2) is 30.5 Å². The lowest BCUT2D eigenvalue weighted by Crippen LogP contribution is -2.43.